The van der Waals surface area contributed by atoms with Crippen LogP contribution in [-0.4, -0.2) is 88.9 Å². The third-order valence-corrected chi connectivity index (χ3v) is 6.94. The van der Waals surface area contributed by atoms with E-state index in [9.17, 15) is 23.9 Å². The number of hydrogen-bond donors (Lipinski definition) is 2. The number of morpholine rings is 1. The van der Waals surface area contributed by atoms with Crippen LogP contribution in [0.5, 0.6) is 0 Å². The number of fused-ring (bicyclic) bond motifs is 1. The number of ether oxygens (including phenoxy) is 1. The summed E-state index contributed by atoms with van der Waals surface area (Å²) in [6, 6.07) is 1.00. The van der Waals surface area contributed by atoms with Crippen molar-refractivity contribution in [2.24, 2.45) is 5.92 Å². The normalized spacial score (nSPS) is 19.0. The van der Waals surface area contributed by atoms with E-state index in [0.717, 1.165) is 25.4 Å². The Bertz CT molecular complexity index is 1340. The summed E-state index contributed by atoms with van der Waals surface area (Å²) < 4.78 is 22.0. The number of anilines is 1. The second-order valence-corrected chi connectivity index (χ2v) is 9.50. The Hall–Kier alpha value is -3.42. The highest BCUT2D eigenvalue weighted by Gasteiger charge is 2.36. The van der Waals surface area contributed by atoms with Crippen LogP contribution in [0.1, 0.15) is 10.4 Å². The number of carboxylic acid groups (broad SMARTS) is 1. The van der Waals surface area contributed by atoms with E-state index in [0.29, 0.717) is 18.3 Å². The quantitative estimate of drug-likeness (QED) is 0.497. The van der Waals surface area contributed by atoms with E-state index >= 15 is 0 Å². The zero-order valence-corrected chi connectivity index (χ0v) is 19.6. The summed E-state index contributed by atoms with van der Waals surface area (Å²) in [4.78, 5) is 49.1. The van der Waals surface area contributed by atoms with Crippen LogP contribution < -0.4 is 15.6 Å². The molecule has 2 N–H and O–H groups in total. The molecule has 35 heavy (non-hydrogen) atoms. The van der Waals surface area contributed by atoms with Gasteiger partial charge in [0.1, 0.15) is 5.56 Å². The van der Waals surface area contributed by atoms with Crippen LogP contribution in [0.25, 0.3) is 16.2 Å². The fraction of sp³-hybridized carbons (Fsp3) is 0.409. The Kier molecular flexibility index (Phi) is 6.21. The van der Waals surface area contributed by atoms with Gasteiger partial charge in [-0.3, -0.25) is 14.2 Å². The Morgan fingerprint density at radius 2 is 2.14 bits per heavy atom. The molecular weight excluding hydrogens is 479 g/mol. The number of carbonyl (C=O) groups is 2. The summed E-state index contributed by atoms with van der Waals surface area (Å²) in [6.07, 6.45) is 2.62. The van der Waals surface area contributed by atoms with Crippen LogP contribution >= 0.6 is 11.3 Å². The van der Waals surface area contributed by atoms with Crippen LogP contribution in [0.3, 0.4) is 0 Å². The standard InChI is InChI=1S/C22H23FN6O5S/c1-27-3-4-34-13(10-27)7-25-20(31)12-8-28(9-12)19-16(23)6-14-17(30)15(21(32)33)11-29(18(14)26-19)22-24-2-5-35-22/h2,5-6,11-13H,3-4,7-10H2,1H3,(H,25,31)(H,32,33)/t13-/m0/s1. The maximum atomic E-state index is 15.0. The fourth-order valence-corrected chi connectivity index (χ4v) is 4.85. The van der Waals surface area contributed by atoms with E-state index in [1.165, 1.54) is 22.1 Å². The van der Waals surface area contributed by atoms with Crippen molar-refractivity contribution in [1.82, 2.24) is 24.8 Å². The summed E-state index contributed by atoms with van der Waals surface area (Å²) in [5.74, 6) is -2.66. The van der Waals surface area contributed by atoms with Gasteiger partial charge in [-0.1, -0.05) is 0 Å². The van der Waals surface area contributed by atoms with Gasteiger partial charge in [0.2, 0.25) is 11.3 Å². The van der Waals surface area contributed by atoms with Crippen molar-refractivity contribution in [3.05, 3.63) is 45.4 Å². The molecule has 0 aromatic carbocycles. The number of amides is 1. The summed E-state index contributed by atoms with van der Waals surface area (Å²) in [7, 11) is 2.00. The molecular formula is C22H23FN6O5S. The highest BCUT2D eigenvalue weighted by atomic mass is 32.1. The number of carbonyl (C=O) groups excluding carboxylic acids is 1. The zero-order valence-electron chi connectivity index (χ0n) is 18.8. The number of aromatic nitrogens is 3. The van der Waals surface area contributed by atoms with Crippen LogP contribution in [0.15, 0.2) is 28.6 Å². The molecule has 0 bridgehead atoms. The smallest absolute Gasteiger partial charge is 0.341 e. The van der Waals surface area contributed by atoms with E-state index in [1.54, 1.807) is 10.3 Å². The molecule has 184 valence electrons. The van der Waals surface area contributed by atoms with Gasteiger partial charge in [-0.2, -0.15) is 0 Å². The van der Waals surface area contributed by atoms with Crippen molar-refractivity contribution < 1.29 is 23.8 Å². The minimum absolute atomic E-state index is 0.00781. The second kappa shape index (κ2) is 9.32. The molecule has 0 spiro atoms. The Balaban J connectivity index is 1.36. The number of likely N-dealkylation sites (N-methyl/N-ethyl adjacent to an activating group) is 1. The predicted molar refractivity (Wildman–Crippen MR) is 126 cm³/mol. The van der Waals surface area contributed by atoms with Crippen molar-refractivity contribution in [3.63, 3.8) is 0 Å². The average molecular weight is 503 g/mol. The van der Waals surface area contributed by atoms with Gasteiger partial charge >= 0.3 is 5.97 Å². The number of halogens is 1. The average Bonchev–Trinajstić information content (AvgIpc) is 3.32. The molecule has 2 aliphatic heterocycles. The maximum Gasteiger partial charge on any atom is 0.341 e. The minimum atomic E-state index is -1.42. The molecule has 11 nitrogen and oxygen atoms in total. The molecule has 5 rings (SSSR count). The lowest BCUT2D eigenvalue weighted by atomic mass is 9.99. The summed E-state index contributed by atoms with van der Waals surface area (Å²) in [6.45, 7) is 3.17. The van der Waals surface area contributed by atoms with E-state index < -0.39 is 22.8 Å². The molecule has 2 fully saturated rings. The zero-order chi connectivity index (χ0) is 24.7. The van der Waals surface area contributed by atoms with Crippen molar-refractivity contribution in [3.8, 4) is 5.13 Å². The first-order chi connectivity index (χ1) is 16.8. The largest absolute Gasteiger partial charge is 0.477 e. The first kappa shape index (κ1) is 23.3. The van der Waals surface area contributed by atoms with Gasteiger partial charge in [0.05, 0.1) is 24.0 Å². The molecule has 2 aliphatic rings. The van der Waals surface area contributed by atoms with E-state index in [2.05, 4.69) is 20.2 Å². The monoisotopic (exact) mass is 502 g/mol. The lowest BCUT2D eigenvalue weighted by Crippen LogP contribution is -2.56. The first-order valence-electron chi connectivity index (χ1n) is 11.0. The Morgan fingerprint density at radius 1 is 1.34 bits per heavy atom. The lowest BCUT2D eigenvalue weighted by Gasteiger charge is -2.39. The molecule has 2 saturated heterocycles. The molecule has 3 aromatic heterocycles. The lowest BCUT2D eigenvalue weighted by molar-refractivity contribution is -0.126. The van der Waals surface area contributed by atoms with Crippen molar-refractivity contribution in [2.75, 3.05) is 51.3 Å². The van der Waals surface area contributed by atoms with Crippen molar-refractivity contribution in [2.45, 2.75) is 6.10 Å². The molecule has 0 saturated carbocycles. The number of nitrogens with zero attached hydrogens (tertiary/aromatic N) is 5. The summed E-state index contributed by atoms with van der Waals surface area (Å²) in [5.41, 5.74) is -1.23. The molecule has 13 heteroatoms. The number of carboxylic acids is 1. The third kappa shape index (κ3) is 4.49. The fourth-order valence-electron chi connectivity index (χ4n) is 4.24. The van der Waals surface area contributed by atoms with Crippen molar-refractivity contribution >= 4 is 40.1 Å². The molecule has 0 radical (unpaired) electrons. The topological polar surface area (TPSA) is 130 Å². The van der Waals surface area contributed by atoms with Gasteiger partial charge in [-0.25, -0.2) is 19.2 Å². The van der Waals surface area contributed by atoms with Crippen LogP contribution in [0.4, 0.5) is 10.2 Å². The summed E-state index contributed by atoms with van der Waals surface area (Å²) >= 11 is 1.22. The maximum absolute atomic E-state index is 15.0. The molecule has 0 aliphatic carbocycles. The SMILES string of the molecule is CN1CCO[C@@H](CNC(=O)C2CN(c3nc4c(cc3F)c(=O)c(C(=O)O)cn4-c3nccs3)C2)C1. The Labute approximate surface area is 202 Å². The van der Waals surface area contributed by atoms with Crippen LogP contribution in [0.2, 0.25) is 0 Å². The van der Waals surface area contributed by atoms with E-state index in [4.69, 9.17) is 4.74 Å². The first-order valence-corrected chi connectivity index (χ1v) is 11.9. The number of thiazole rings is 1. The number of aromatic carboxylic acids is 1. The third-order valence-electron chi connectivity index (χ3n) is 6.17. The van der Waals surface area contributed by atoms with Crippen LogP contribution in [0, 0.1) is 11.7 Å². The van der Waals surface area contributed by atoms with Crippen molar-refractivity contribution in [1.29, 1.82) is 0 Å². The Morgan fingerprint density at radius 3 is 2.83 bits per heavy atom. The number of rotatable bonds is 6. The highest BCUT2D eigenvalue weighted by Crippen LogP contribution is 2.29. The van der Waals surface area contributed by atoms with Gasteiger partial charge in [0.15, 0.2) is 22.4 Å². The molecule has 0 unspecified atom stereocenters. The van der Waals surface area contributed by atoms with Gasteiger partial charge in [0, 0.05) is 50.5 Å². The molecule has 1 amide bonds. The van der Waals surface area contributed by atoms with E-state index in [1.807, 2.05) is 7.05 Å². The second-order valence-electron chi connectivity index (χ2n) is 8.63. The minimum Gasteiger partial charge on any atom is -0.477 e. The molecule has 3 aromatic rings. The number of hydrogen-bond acceptors (Lipinski definition) is 9. The number of nitrogens with one attached hydrogen (secondary N) is 1. The van der Waals surface area contributed by atoms with Gasteiger partial charge in [-0.05, 0) is 13.1 Å². The van der Waals surface area contributed by atoms with Gasteiger partial charge < -0.3 is 25.0 Å². The van der Waals surface area contributed by atoms with Gasteiger partial charge in [-0.15, -0.1) is 11.3 Å². The van der Waals surface area contributed by atoms with Crippen LogP contribution in [-0.2, 0) is 9.53 Å². The molecule has 5 heterocycles. The summed E-state index contributed by atoms with van der Waals surface area (Å²) in [5, 5.41) is 14.3. The number of pyridine rings is 2. The van der Waals surface area contributed by atoms with Gasteiger partial charge in [0.25, 0.3) is 0 Å². The predicted octanol–water partition coefficient (Wildman–Crippen LogP) is 0.563. The molecule has 1 atom stereocenters. The van der Waals surface area contributed by atoms with E-state index in [-0.39, 0.29) is 47.9 Å². The highest BCUT2D eigenvalue weighted by molar-refractivity contribution is 7.12.